The monoisotopic (exact) mass is 356 g/mol. The quantitative estimate of drug-likeness (QED) is 0.556. The Kier molecular flexibility index (Phi) is 3.59. The average molecular weight is 357 g/mol. The molecule has 1 amide bonds. The van der Waals surface area contributed by atoms with E-state index in [9.17, 15) is 9.18 Å². The predicted molar refractivity (Wildman–Crippen MR) is 97.0 cm³/mol. The van der Waals surface area contributed by atoms with Crippen molar-refractivity contribution in [2.24, 2.45) is 6.98 Å². The number of aromatic nitrogens is 2. The zero-order valence-corrected chi connectivity index (χ0v) is 13.6. The van der Waals surface area contributed by atoms with Crippen molar-refractivity contribution in [1.29, 1.82) is 0 Å². The first-order valence-electron chi connectivity index (χ1n) is 8.60. The molecule has 0 unspecified atom stereocenters. The molecule has 4 nitrogen and oxygen atoms in total. The second kappa shape index (κ2) is 6.80. The Hall–Kier alpha value is -3.10. The Labute approximate surface area is 153 Å². The molecule has 0 saturated carbocycles. The molecule has 25 heavy (non-hydrogen) atoms. The van der Waals surface area contributed by atoms with Gasteiger partial charge in [-0.3, -0.25) is 4.79 Å². The zero-order chi connectivity index (χ0) is 20.5. The maximum atomic E-state index is 12.9. The number of anilines is 1. The fourth-order valence-electron chi connectivity index (χ4n) is 2.15. The van der Waals surface area contributed by atoms with Gasteiger partial charge in [-0.25, -0.2) is 9.37 Å². The molecule has 0 saturated heterocycles. The van der Waals surface area contributed by atoms with Gasteiger partial charge in [0.15, 0.2) is 5.83 Å². The predicted octanol–water partition coefficient (Wildman–Crippen LogP) is 4.05. The Morgan fingerprint density at radius 1 is 1.40 bits per heavy atom. The van der Waals surface area contributed by atoms with Gasteiger partial charge in [0.1, 0.15) is 5.65 Å². The lowest BCUT2D eigenvalue weighted by atomic mass is 10.2. The van der Waals surface area contributed by atoms with E-state index in [2.05, 4.69) is 28.7 Å². The first kappa shape index (κ1) is 13.2. The third-order valence-electron chi connectivity index (χ3n) is 3.33. The highest BCUT2D eigenvalue weighted by Crippen LogP contribution is 2.22. The average Bonchev–Trinajstić information content (AvgIpc) is 2.99. The van der Waals surface area contributed by atoms with E-state index in [1.807, 2.05) is 0 Å². The minimum Gasteiger partial charge on any atom is -0.334 e. The smallest absolute Gasteiger partial charge is 0.283 e. The van der Waals surface area contributed by atoms with Gasteiger partial charge in [-0.05, 0) is 30.3 Å². The Morgan fingerprint density at radius 2 is 2.16 bits per heavy atom. The standard InChI is InChI=1S/C19H13ClFN3O/c1-12(21)19(25)23-16-9-17-14(11-24(2)18(17)22-10-16)6-3-13-4-7-15(20)8-5-13/h4-5,7-11H,1H2,2H3,(H,23,25)/i2D3. The molecule has 6 heteroatoms. The van der Waals surface area contributed by atoms with Crippen LogP contribution in [0.5, 0.6) is 0 Å². The van der Waals surface area contributed by atoms with E-state index in [1.54, 1.807) is 24.3 Å². The number of pyridine rings is 1. The Bertz CT molecular complexity index is 1140. The number of rotatable bonds is 2. The van der Waals surface area contributed by atoms with Crippen LogP contribution in [0.3, 0.4) is 0 Å². The van der Waals surface area contributed by atoms with Gasteiger partial charge in [0.05, 0.1) is 17.4 Å². The van der Waals surface area contributed by atoms with Crippen LogP contribution in [0.2, 0.25) is 5.02 Å². The molecule has 3 aromatic rings. The summed E-state index contributed by atoms with van der Waals surface area (Å²) in [7, 11) is 0. The second-order valence-electron chi connectivity index (χ2n) is 5.12. The van der Waals surface area contributed by atoms with Crippen molar-refractivity contribution < 1.29 is 13.3 Å². The Balaban J connectivity index is 2.10. The largest absolute Gasteiger partial charge is 0.334 e. The first-order chi connectivity index (χ1) is 13.1. The Morgan fingerprint density at radius 3 is 2.84 bits per heavy atom. The lowest BCUT2D eigenvalue weighted by Gasteiger charge is -2.03. The van der Waals surface area contributed by atoms with E-state index in [1.165, 1.54) is 18.5 Å². The number of amides is 1. The van der Waals surface area contributed by atoms with Crippen LogP contribution in [0.25, 0.3) is 11.0 Å². The molecule has 0 radical (unpaired) electrons. The summed E-state index contributed by atoms with van der Waals surface area (Å²) in [4.78, 5) is 15.6. The minimum atomic E-state index is -2.47. The number of halogens is 2. The van der Waals surface area contributed by atoms with Crippen molar-refractivity contribution in [1.82, 2.24) is 9.55 Å². The number of hydrogen-bond donors (Lipinski definition) is 1. The topological polar surface area (TPSA) is 46.9 Å². The van der Waals surface area contributed by atoms with Crippen LogP contribution in [0, 0.1) is 11.8 Å². The molecule has 2 aromatic heterocycles. The van der Waals surface area contributed by atoms with E-state index in [0.29, 0.717) is 21.5 Å². The lowest BCUT2D eigenvalue weighted by molar-refractivity contribution is -0.114. The van der Waals surface area contributed by atoms with Crippen LogP contribution in [-0.2, 0) is 11.8 Å². The maximum Gasteiger partial charge on any atom is 0.283 e. The van der Waals surface area contributed by atoms with Crippen LogP contribution in [0.4, 0.5) is 10.1 Å². The molecule has 124 valence electrons. The molecule has 0 atom stereocenters. The van der Waals surface area contributed by atoms with Crippen molar-refractivity contribution in [3.8, 4) is 11.8 Å². The molecule has 0 aliphatic rings. The van der Waals surface area contributed by atoms with E-state index < -0.39 is 18.7 Å². The van der Waals surface area contributed by atoms with Crippen molar-refractivity contribution >= 4 is 34.2 Å². The molecule has 0 aliphatic heterocycles. The van der Waals surface area contributed by atoms with E-state index in [-0.39, 0.29) is 11.3 Å². The number of fused-ring (bicyclic) bond motifs is 1. The van der Waals surface area contributed by atoms with Gasteiger partial charge in [0, 0.05) is 33.3 Å². The van der Waals surface area contributed by atoms with Crippen molar-refractivity contribution in [3.05, 3.63) is 71.3 Å². The highest BCUT2D eigenvalue weighted by Gasteiger charge is 2.10. The summed E-state index contributed by atoms with van der Waals surface area (Å²) >= 11 is 5.85. The van der Waals surface area contributed by atoms with Gasteiger partial charge in [-0.1, -0.05) is 30.0 Å². The SMILES string of the molecule is [2H]C([2H])([2H])n1cc(C#Cc2ccc(Cl)cc2)c2cc(NC(=O)C(=C)F)cnc21. The van der Waals surface area contributed by atoms with Gasteiger partial charge in [0.2, 0.25) is 0 Å². The second-order valence-corrected chi connectivity index (χ2v) is 5.56. The number of nitrogens with one attached hydrogen (secondary N) is 1. The van der Waals surface area contributed by atoms with Gasteiger partial charge in [0.25, 0.3) is 5.91 Å². The summed E-state index contributed by atoms with van der Waals surface area (Å²) in [6.07, 6.45) is 2.61. The normalized spacial score (nSPS) is 12.5. The van der Waals surface area contributed by atoms with Crippen LogP contribution in [0.1, 0.15) is 15.2 Å². The zero-order valence-electron chi connectivity index (χ0n) is 15.8. The molecule has 0 bridgehead atoms. The number of nitrogens with zero attached hydrogens (tertiary/aromatic N) is 2. The number of benzene rings is 1. The van der Waals surface area contributed by atoms with Gasteiger partial charge in [-0.15, -0.1) is 0 Å². The molecule has 0 spiro atoms. The van der Waals surface area contributed by atoms with Crippen LogP contribution in [0.15, 0.2) is 55.1 Å². The third kappa shape index (κ3) is 3.70. The van der Waals surface area contributed by atoms with Crippen molar-refractivity contribution in [3.63, 3.8) is 0 Å². The summed E-state index contributed by atoms with van der Waals surface area (Å²) < 4.78 is 37.0. The summed E-state index contributed by atoms with van der Waals surface area (Å²) in [5.74, 6) is 3.68. The highest BCUT2D eigenvalue weighted by atomic mass is 35.5. The van der Waals surface area contributed by atoms with Crippen molar-refractivity contribution in [2.75, 3.05) is 5.32 Å². The summed E-state index contributed by atoms with van der Waals surface area (Å²) in [5, 5.41) is 3.28. The maximum absolute atomic E-state index is 12.9. The summed E-state index contributed by atoms with van der Waals surface area (Å²) in [6, 6.07) is 8.33. The highest BCUT2D eigenvalue weighted by molar-refractivity contribution is 6.30. The fraction of sp³-hybridized carbons (Fsp3) is 0.0526. The van der Waals surface area contributed by atoms with Crippen LogP contribution >= 0.6 is 11.6 Å². The van der Waals surface area contributed by atoms with E-state index in [4.69, 9.17) is 15.7 Å². The number of carbonyl (C=O) groups is 1. The number of aryl methyl sites for hydroxylation is 1. The molecule has 2 heterocycles. The fourth-order valence-corrected chi connectivity index (χ4v) is 2.27. The van der Waals surface area contributed by atoms with Crippen LogP contribution in [-0.4, -0.2) is 15.5 Å². The number of hydrogen-bond acceptors (Lipinski definition) is 2. The van der Waals surface area contributed by atoms with Gasteiger partial charge in [-0.2, -0.15) is 0 Å². The minimum absolute atomic E-state index is 0.164. The molecular weight excluding hydrogens is 341 g/mol. The van der Waals surface area contributed by atoms with Gasteiger partial charge >= 0.3 is 0 Å². The molecule has 0 aliphatic carbocycles. The van der Waals surface area contributed by atoms with Gasteiger partial charge < -0.3 is 9.88 Å². The van der Waals surface area contributed by atoms with Crippen LogP contribution < -0.4 is 5.32 Å². The first-order valence-corrected chi connectivity index (χ1v) is 7.48. The molecule has 1 aromatic carbocycles. The lowest BCUT2D eigenvalue weighted by Crippen LogP contribution is -2.11. The molecule has 1 N–H and O–H groups in total. The summed E-state index contributed by atoms with van der Waals surface area (Å²) in [6.45, 7) is 0.459. The van der Waals surface area contributed by atoms with E-state index in [0.717, 1.165) is 4.57 Å². The summed E-state index contributed by atoms with van der Waals surface area (Å²) in [5.41, 5.74) is 1.43. The van der Waals surface area contributed by atoms with E-state index >= 15 is 0 Å². The number of carbonyl (C=O) groups excluding carboxylic acids is 1. The molecule has 3 rings (SSSR count). The van der Waals surface area contributed by atoms with Crippen molar-refractivity contribution in [2.45, 2.75) is 0 Å². The third-order valence-corrected chi connectivity index (χ3v) is 3.59. The molecule has 0 fully saturated rings. The molecular formula is C19H13ClFN3O.